The van der Waals surface area contributed by atoms with Crippen LogP contribution in [-0.2, 0) is 16.2 Å². The Labute approximate surface area is 164 Å². The molecule has 0 unspecified atom stereocenters. The molecule has 0 aliphatic rings. The number of fused-ring (bicyclic) bond motifs is 1. The zero-order chi connectivity index (χ0) is 20.8. The predicted octanol–water partition coefficient (Wildman–Crippen LogP) is 3.95. The molecule has 0 fully saturated rings. The third kappa shape index (κ3) is 3.40. The first kappa shape index (κ1) is 19.2. The number of H-pyrrole nitrogens is 1. The average Bonchev–Trinajstić information content (AvgIpc) is 3.34. The van der Waals surface area contributed by atoms with Crippen molar-refractivity contribution in [2.24, 2.45) is 0 Å². The molecule has 0 saturated carbocycles. The van der Waals surface area contributed by atoms with E-state index in [4.69, 9.17) is 0 Å². The van der Waals surface area contributed by atoms with Crippen LogP contribution in [0.25, 0.3) is 27.8 Å². The van der Waals surface area contributed by atoms with Crippen LogP contribution in [0.4, 0.5) is 13.2 Å². The summed E-state index contributed by atoms with van der Waals surface area (Å²) in [6.45, 7) is 0. The van der Waals surface area contributed by atoms with E-state index in [1.807, 2.05) is 0 Å². The Balaban J connectivity index is 1.94. The van der Waals surface area contributed by atoms with E-state index in [0.29, 0.717) is 27.8 Å². The fraction of sp³-hybridized carbons (Fsp3) is 0.105. The second kappa shape index (κ2) is 6.75. The van der Waals surface area contributed by atoms with E-state index in [2.05, 4.69) is 14.7 Å². The van der Waals surface area contributed by atoms with Gasteiger partial charge in [-0.1, -0.05) is 0 Å². The molecule has 0 amide bonds. The summed E-state index contributed by atoms with van der Waals surface area (Å²) in [4.78, 5) is 7.05. The number of aromatic amines is 1. The molecule has 2 N–H and O–H groups in total. The molecule has 0 radical (unpaired) electrons. The van der Waals surface area contributed by atoms with E-state index in [1.165, 1.54) is 37.6 Å². The number of aromatic nitrogens is 3. The maximum absolute atomic E-state index is 12.9. The normalized spacial score (nSPS) is 12.6. The molecule has 2 aromatic heterocycles. The number of sulfonamides is 1. The molecular weight excluding hydrogens is 405 g/mol. The first-order valence-electron chi connectivity index (χ1n) is 8.46. The first-order valence-corrected chi connectivity index (χ1v) is 9.94. The summed E-state index contributed by atoms with van der Waals surface area (Å²) in [5.41, 5.74) is 1.74. The second-order valence-electron chi connectivity index (χ2n) is 6.31. The Morgan fingerprint density at radius 2 is 1.83 bits per heavy atom. The maximum Gasteiger partial charge on any atom is 0.416 e. The van der Waals surface area contributed by atoms with Crippen LogP contribution in [0.1, 0.15) is 5.56 Å². The third-order valence-corrected chi connectivity index (χ3v) is 6.03. The zero-order valence-corrected chi connectivity index (χ0v) is 15.8. The van der Waals surface area contributed by atoms with Crippen molar-refractivity contribution in [3.8, 4) is 16.9 Å². The Morgan fingerprint density at radius 1 is 1.10 bits per heavy atom. The Bertz CT molecular complexity index is 1280. The minimum atomic E-state index is -4.42. The lowest BCUT2D eigenvalue weighted by Gasteiger charge is -2.09. The highest BCUT2D eigenvalue weighted by Crippen LogP contribution is 2.34. The summed E-state index contributed by atoms with van der Waals surface area (Å²) in [5, 5.41) is 0.616. The van der Waals surface area contributed by atoms with Crippen molar-refractivity contribution in [1.82, 2.24) is 19.3 Å². The van der Waals surface area contributed by atoms with Crippen LogP contribution in [-0.4, -0.2) is 30.0 Å². The van der Waals surface area contributed by atoms with Gasteiger partial charge in [0.1, 0.15) is 0 Å². The number of halogens is 3. The van der Waals surface area contributed by atoms with Crippen LogP contribution in [0.3, 0.4) is 0 Å². The van der Waals surface area contributed by atoms with E-state index in [0.717, 1.165) is 12.1 Å². The third-order valence-electron chi connectivity index (χ3n) is 4.62. The fourth-order valence-electron chi connectivity index (χ4n) is 3.14. The Kier molecular flexibility index (Phi) is 4.47. The molecule has 29 heavy (non-hydrogen) atoms. The van der Waals surface area contributed by atoms with E-state index in [-0.39, 0.29) is 4.90 Å². The number of imidazole rings is 1. The van der Waals surface area contributed by atoms with Crippen molar-refractivity contribution in [2.45, 2.75) is 11.1 Å². The van der Waals surface area contributed by atoms with E-state index in [1.54, 1.807) is 23.0 Å². The smallest absolute Gasteiger partial charge is 0.345 e. The number of benzene rings is 2. The molecule has 4 rings (SSSR count). The number of hydrogen-bond donors (Lipinski definition) is 2. The topological polar surface area (TPSA) is 79.8 Å². The molecule has 10 heteroatoms. The number of rotatable bonds is 4. The lowest BCUT2D eigenvalue weighted by atomic mass is 10.1. The molecule has 0 saturated heterocycles. The zero-order valence-electron chi connectivity index (χ0n) is 15.0. The van der Waals surface area contributed by atoms with Gasteiger partial charge in [-0.05, 0) is 49.5 Å². The quantitative estimate of drug-likeness (QED) is 0.525. The lowest BCUT2D eigenvalue weighted by molar-refractivity contribution is -0.137. The number of nitrogens with one attached hydrogen (secondary N) is 2. The average molecular weight is 420 g/mol. The van der Waals surface area contributed by atoms with Crippen LogP contribution in [0.2, 0.25) is 0 Å². The van der Waals surface area contributed by atoms with Gasteiger partial charge in [-0.25, -0.2) is 18.1 Å². The van der Waals surface area contributed by atoms with Gasteiger partial charge in [0.25, 0.3) is 0 Å². The van der Waals surface area contributed by atoms with Crippen LogP contribution in [0.15, 0.2) is 66.1 Å². The molecule has 0 aliphatic carbocycles. The second-order valence-corrected chi connectivity index (χ2v) is 8.20. The van der Waals surface area contributed by atoms with Gasteiger partial charge in [-0.3, -0.25) is 0 Å². The van der Waals surface area contributed by atoms with Crippen molar-refractivity contribution in [1.29, 1.82) is 0 Å². The highest BCUT2D eigenvalue weighted by Gasteiger charge is 2.30. The van der Waals surface area contributed by atoms with Crippen LogP contribution in [0.5, 0.6) is 0 Å². The van der Waals surface area contributed by atoms with E-state index < -0.39 is 21.8 Å². The fourth-order valence-corrected chi connectivity index (χ4v) is 3.89. The summed E-state index contributed by atoms with van der Waals surface area (Å²) in [6, 6.07) is 9.36. The van der Waals surface area contributed by atoms with Gasteiger partial charge in [0, 0.05) is 22.8 Å². The number of nitrogens with zero attached hydrogens (tertiary/aromatic N) is 2. The molecule has 2 heterocycles. The summed E-state index contributed by atoms with van der Waals surface area (Å²) >= 11 is 0. The van der Waals surface area contributed by atoms with Gasteiger partial charge in [0.05, 0.1) is 34.2 Å². The van der Waals surface area contributed by atoms with E-state index in [9.17, 15) is 21.6 Å². The minimum Gasteiger partial charge on any atom is -0.345 e. The molecule has 6 nitrogen and oxygen atoms in total. The molecule has 0 atom stereocenters. The summed E-state index contributed by atoms with van der Waals surface area (Å²) in [7, 11) is -2.34. The van der Waals surface area contributed by atoms with Crippen molar-refractivity contribution in [2.75, 3.05) is 7.05 Å². The van der Waals surface area contributed by atoms with Gasteiger partial charge in [0.15, 0.2) is 0 Å². The number of alkyl halides is 3. The van der Waals surface area contributed by atoms with Crippen LogP contribution in [0, 0.1) is 0 Å². The van der Waals surface area contributed by atoms with Gasteiger partial charge >= 0.3 is 6.18 Å². The minimum absolute atomic E-state index is 0.0819. The van der Waals surface area contributed by atoms with Crippen LogP contribution < -0.4 is 4.72 Å². The summed E-state index contributed by atoms with van der Waals surface area (Å²) in [6.07, 6.45) is 0.390. The van der Waals surface area contributed by atoms with Crippen molar-refractivity contribution >= 4 is 20.9 Å². The first-order chi connectivity index (χ1) is 13.7. The summed E-state index contributed by atoms with van der Waals surface area (Å²) in [5.74, 6) is 0. The Hall–Kier alpha value is -3.11. The molecule has 0 bridgehead atoms. The molecule has 0 spiro atoms. The van der Waals surface area contributed by atoms with E-state index >= 15 is 0 Å². The number of hydrogen-bond acceptors (Lipinski definition) is 3. The van der Waals surface area contributed by atoms with Gasteiger partial charge < -0.3 is 9.55 Å². The largest absolute Gasteiger partial charge is 0.416 e. The SMILES string of the molecule is CNS(=O)(=O)c1ccc2c(c1)c(-c1cnc[nH]1)cn2-c1ccc(C(F)(F)F)cc1. The maximum atomic E-state index is 12.9. The standard InChI is InChI=1S/C19H15F3N4O2S/c1-23-29(27,28)14-6-7-18-15(8-14)16(17-9-24-11-25-17)10-26(18)13-4-2-12(3-5-13)19(20,21)22/h2-11,23H,1H3,(H,24,25). The predicted molar refractivity (Wildman–Crippen MR) is 102 cm³/mol. The van der Waals surface area contributed by atoms with Crippen molar-refractivity contribution in [3.05, 3.63) is 66.7 Å². The molecule has 0 aliphatic heterocycles. The van der Waals surface area contributed by atoms with Crippen molar-refractivity contribution < 1.29 is 21.6 Å². The molecule has 2 aromatic carbocycles. The van der Waals surface area contributed by atoms with Gasteiger partial charge in [-0.15, -0.1) is 0 Å². The summed E-state index contributed by atoms with van der Waals surface area (Å²) < 4.78 is 67.0. The highest BCUT2D eigenvalue weighted by molar-refractivity contribution is 7.89. The highest BCUT2D eigenvalue weighted by atomic mass is 32.2. The van der Waals surface area contributed by atoms with Gasteiger partial charge in [0.2, 0.25) is 10.0 Å². The lowest BCUT2D eigenvalue weighted by Crippen LogP contribution is -2.18. The molecule has 4 aromatic rings. The monoisotopic (exact) mass is 420 g/mol. The molecule has 150 valence electrons. The van der Waals surface area contributed by atoms with Gasteiger partial charge in [-0.2, -0.15) is 13.2 Å². The molecular formula is C19H15F3N4O2S. The van der Waals surface area contributed by atoms with Crippen LogP contribution >= 0.6 is 0 Å². The Morgan fingerprint density at radius 3 is 2.41 bits per heavy atom. The van der Waals surface area contributed by atoms with Crippen molar-refractivity contribution in [3.63, 3.8) is 0 Å².